The van der Waals surface area contributed by atoms with Crippen molar-refractivity contribution in [2.75, 3.05) is 39.8 Å². The number of aliphatic hydroxyl groups is 1. The summed E-state index contributed by atoms with van der Waals surface area (Å²) in [5.41, 5.74) is 5.43. The number of ether oxygens (including phenoxy) is 1. The summed E-state index contributed by atoms with van der Waals surface area (Å²) in [4.78, 5) is 27.5. The molecule has 0 radical (unpaired) electrons. The topological polar surface area (TPSA) is 82.0 Å². The zero-order chi connectivity index (χ0) is 24.2. The van der Waals surface area contributed by atoms with Gasteiger partial charge < -0.3 is 19.6 Å². The Morgan fingerprint density at radius 1 is 0.943 bits per heavy atom. The van der Waals surface area contributed by atoms with Gasteiger partial charge in [-0.3, -0.25) is 9.88 Å². The number of carbonyl (C=O) groups is 1. The molecule has 1 N–H and O–H groups in total. The predicted octanol–water partition coefficient (Wildman–Crippen LogP) is 2.81. The van der Waals surface area contributed by atoms with E-state index in [9.17, 15) is 9.90 Å². The van der Waals surface area contributed by atoms with E-state index in [1.807, 2.05) is 23.1 Å². The lowest BCUT2D eigenvalue weighted by atomic mass is 10.00. The molecule has 1 saturated heterocycles. The molecule has 1 aromatic carbocycles. The van der Waals surface area contributed by atoms with Crippen LogP contribution in [0.25, 0.3) is 11.3 Å². The van der Waals surface area contributed by atoms with Crippen molar-refractivity contribution in [1.82, 2.24) is 24.7 Å². The maximum atomic E-state index is 12.9. The Morgan fingerprint density at radius 3 is 2.51 bits per heavy atom. The first kappa shape index (κ1) is 23.3. The molecule has 0 unspecified atom stereocenters. The summed E-state index contributed by atoms with van der Waals surface area (Å²) >= 11 is 0. The van der Waals surface area contributed by atoms with Crippen LogP contribution in [-0.4, -0.2) is 81.7 Å². The quantitative estimate of drug-likeness (QED) is 0.542. The molecule has 0 spiro atoms. The highest BCUT2D eigenvalue weighted by molar-refractivity contribution is 5.76. The fourth-order valence-corrected chi connectivity index (χ4v) is 4.83. The lowest BCUT2D eigenvalue weighted by Crippen LogP contribution is -2.43. The van der Waals surface area contributed by atoms with E-state index < -0.39 is 6.10 Å². The molecule has 5 rings (SSSR count). The third-order valence-corrected chi connectivity index (χ3v) is 6.73. The number of urea groups is 1. The van der Waals surface area contributed by atoms with Gasteiger partial charge in [0.2, 0.25) is 5.88 Å². The minimum atomic E-state index is -0.566. The van der Waals surface area contributed by atoms with Crippen molar-refractivity contribution in [2.45, 2.75) is 25.6 Å². The zero-order valence-corrected chi connectivity index (χ0v) is 20.0. The standard InChI is InChI=1S/C27H31N5O3/c1-35-26-9-7-22(15-29-26)25-8-6-20(14-28-25)16-31-12-13-32(27(31)34)19-24(33)18-30-11-10-21-4-2-3-5-23(21)17-30/h2-9,14-15,24,33H,10-13,16-19H2,1H3/t24-/m1/s1. The molecule has 2 aromatic heterocycles. The van der Waals surface area contributed by atoms with Crippen LogP contribution in [0.1, 0.15) is 16.7 Å². The first-order chi connectivity index (χ1) is 17.1. The Hall–Kier alpha value is -3.49. The molecular formula is C27H31N5O3. The van der Waals surface area contributed by atoms with Gasteiger partial charge in [-0.25, -0.2) is 9.78 Å². The van der Waals surface area contributed by atoms with Crippen molar-refractivity contribution in [2.24, 2.45) is 0 Å². The number of hydrogen-bond acceptors (Lipinski definition) is 6. The van der Waals surface area contributed by atoms with Crippen molar-refractivity contribution >= 4 is 6.03 Å². The Kier molecular flexibility index (Phi) is 6.92. The minimum Gasteiger partial charge on any atom is -0.481 e. The molecule has 1 atom stereocenters. The van der Waals surface area contributed by atoms with Crippen molar-refractivity contribution in [1.29, 1.82) is 0 Å². The Morgan fingerprint density at radius 2 is 1.77 bits per heavy atom. The molecule has 4 heterocycles. The highest BCUT2D eigenvalue weighted by Gasteiger charge is 2.30. The predicted molar refractivity (Wildman–Crippen MR) is 133 cm³/mol. The number of nitrogens with zero attached hydrogens (tertiary/aromatic N) is 5. The van der Waals surface area contributed by atoms with Gasteiger partial charge in [0, 0.05) is 69.8 Å². The third kappa shape index (κ3) is 5.44. The van der Waals surface area contributed by atoms with Gasteiger partial charge in [-0.05, 0) is 35.2 Å². The van der Waals surface area contributed by atoms with Crippen LogP contribution in [0.5, 0.6) is 5.88 Å². The molecule has 8 heteroatoms. The number of fused-ring (bicyclic) bond motifs is 1. The first-order valence-corrected chi connectivity index (χ1v) is 12.1. The number of aromatic nitrogens is 2. The summed E-state index contributed by atoms with van der Waals surface area (Å²) < 4.78 is 5.10. The Labute approximate surface area is 205 Å². The number of aliphatic hydroxyl groups excluding tert-OH is 1. The van der Waals surface area contributed by atoms with Crippen LogP contribution in [0.2, 0.25) is 0 Å². The largest absolute Gasteiger partial charge is 0.481 e. The van der Waals surface area contributed by atoms with Crippen LogP contribution in [0.3, 0.4) is 0 Å². The normalized spacial score (nSPS) is 16.9. The van der Waals surface area contributed by atoms with Crippen molar-refractivity contribution in [3.05, 3.63) is 77.6 Å². The smallest absolute Gasteiger partial charge is 0.320 e. The summed E-state index contributed by atoms with van der Waals surface area (Å²) in [6.45, 7) is 4.49. The molecule has 2 aliphatic heterocycles. The molecular weight excluding hydrogens is 442 g/mol. The zero-order valence-electron chi connectivity index (χ0n) is 20.0. The van der Waals surface area contributed by atoms with E-state index in [2.05, 4.69) is 39.1 Å². The minimum absolute atomic E-state index is 0.0310. The second kappa shape index (κ2) is 10.4. The highest BCUT2D eigenvalue weighted by atomic mass is 16.5. The van der Waals surface area contributed by atoms with E-state index in [4.69, 9.17) is 4.74 Å². The van der Waals surface area contributed by atoms with Crippen LogP contribution in [0.4, 0.5) is 4.79 Å². The molecule has 182 valence electrons. The maximum absolute atomic E-state index is 12.9. The van der Waals surface area contributed by atoms with E-state index in [1.54, 1.807) is 30.5 Å². The second-order valence-corrected chi connectivity index (χ2v) is 9.20. The molecule has 0 saturated carbocycles. The van der Waals surface area contributed by atoms with Gasteiger partial charge in [0.1, 0.15) is 0 Å². The van der Waals surface area contributed by atoms with Gasteiger partial charge in [0.15, 0.2) is 0 Å². The van der Waals surface area contributed by atoms with Gasteiger partial charge in [0.05, 0.1) is 18.9 Å². The molecule has 2 amide bonds. The average molecular weight is 474 g/mol. The average Bonchev–Trinajstić information content (AvgIpc) is 3.23. The molecule has 0 bridgehead atoms. The van der Waals surface area contributed by atoms with E-state index >= 15 is 0 Å². The number of pyridine rings is 2. The molecule has 8 nitrogen and oxygen atoms in total. The summed E-state index contributed by atoms with van der Waals surface area (Å²) in [5.74, 6) is 0.564. The number of carbonyl (C=O) groups excluding carboxylic acids is 1. The summed E-state index contributed by atoms with van der Waals surface area (Å²) in [5, 5.41) is 10.7. The SMILES string of the molecule is COc1ccc(-c2ccc(CN3CCN(C[C@H](O)CN4CCc5ccccc5C4)C3=O)cn2)cn1. The summed E-state index contributed by atoms with van der Waals surface area (Å²) in [6, 6.07) is 16.1. The first-order valence-electron chi connectivity index (χ1n) is 12.1. The highest BCUT2D eigenvalue weighted by Crippen LogP contribution is 2.21. The van der Waals surface area contributed by atoms with Gasteiger partial charge in [-0.2, -0.15) is 0 Å². The van der Waals surface area contributed by atoms with Gasteiger partial charge >= 0.3 is 6.03 Å². The fourth-order valence-electron chi connectivity index (χ4n) is 4.83. The number of benzene rings is 1. The molecule has 2 aliphatic rings. The van der Waals surface area contributed by atoms with Crippen LogP contribution < -0.4 is 4.74 Å². The van der Waals surface area contributed by atoms with E-state index in [-0.39, 0.29) is 6.03 Å². The monoisotopic (exact) mass is 473 g/mol. The van der Waals surface area contributed by atoms with Crippen LogP contribution in [0.15, 0.2) is 60.9 Å². The molecule has 1 fully saturated rings. The van der Waals surface area contributed by atoms with Crippen molar-refractivity contribution in [3.8, 4) is 17.1 Å². The number of hydrogen-bond donors (Lipinski definition) is 1. The molecule has 0 aliphatic carbocycles. The molecule has 3 aromatic rings. The Balaban J connectivity index is 1.12. The van der Waals surface area contributed by atoms with Gasteiger partial charge in [-0.15, -0.1) is 0 Å². The van der Waals surface area contributed by atoms with Gasteiger partial charge in [0.25, 0.3) is 0 Å². The summed E-state index contributed by atoms with van der Waals surface area (Å²) in [6.07, 6.45) is 3.97. The summed E-state index contributed by atoms with van der Waals surface area (Å²) in [7, 11) is 1.59. The number of rotatable bonds is 8. The van der Waals surface area contributed by atoms with Crippen LogP contribution in [-0.2, 0) is 19.5 Å². The fraction of sp³-hybridized carbons (Fsp3) is 0.370. The van der Waals surface area contributed by atoms with E-state index in [0.717, 1.165) is 36.3 Å². The van der Waals surface area contributed by atoms with Crippen LogP contribution in [0, 0.1) is 0 Å². The second-order valence-electron chi connectivity index (χ2n) is 9.20. The number of methoxy groups -OCH3 is 1. The van der Waals surface area contributed by atoms with Gasteiger partial charge in [-0.1, -0.05) is 30.3 Å². The maximum Gasteiger partial charge on any atom is 0.320 e. The third-order valence-electron chi connectivity index (χ3n) is 6.73. The van der Waals surface area contributed by atoms with E-state index in [1.165, 1.54) is 11.1 Å². The molecule has 35 heavy (non-hydrogen) atoms. The lowest BCUT2D eigenvalue weighted by Gasteiger charge is -2.31. The van der Waals surface area contributed by atoms with E-state index in [0.29, 0.717) is 38.6 Å². The lowest BCUT2D eigenvalue weighted by molar-refractivity contribution is 0.0812. The van der Waals surface area contributed by atoms with Crippen molar-refractivity contribution < 1.29 is 14.6 Å². The number of β-amino-alcohol motifs (C(OH)–C–C–N with tert-alkyl or cyclic N) is 1. The van der Waals surface area contributed by atoms with Crippen LogP contribution >= 0.6 is 0 Å². The number of amides is 2. The Bertz CT molecular complexity index is 1150. The van der Waals surface area contributed by atoms with Crippen molar-refractivity contribution in [3.63, 3.8) is 0 Å².